The number of benzene rings is 1. The Morgan fingerprint density at radius 1 is 1.31 bits per heavy atom. The number of ether oxygens (including phenoxy) is 2. The topological polar surface area (TPSA) is 93.9 Å². The number of hydrogen-bond donors (Lipinski definition) is 2. The quantitative estimate of drug-likeness (QED) is 0.744. The molecule has 0 bridgehead atoms. The number of rotatable bonds is 7. The Kier molecular flexibility index (Phi) is 8.84. The minimum absolute atomic E-state index is 0. The van der Waals surface area contributed by atoms with Crippen LogP contribution in [0.15, 0.2) is 24.3 Å². The van der Waals surface area contributed by atoms with Crippen molar-refractivity contribution >= 4 is 29.9 Å². The molecule has 0 atom stereocenters. The van der Waals surface area contributed by atoms with Crippen molar-refractivity contribution in [2.24, 2.45) is 11.1 Å². The van der Waals surface area contributed by atoms with Gasteiger partial charge < -0.3 is 25.4 Å². The first-order valence-corrected chi connectivity index (χ1v) is 8.56. The highest BCUT2D eigenvalue weighted by Crippen LogP contribution is 2.31. The zero-order chi connectivity index (χ0) is 18.3. The Bertz CT molecular complexity index is 606. The van der Waals surface area contributed by atoms with Gasteiger partial charge in [0.25, 0.3) is 0 Å². The summed E-state index contributed by atoms with van der Waals surface area (Å²) in [5, 5.41) is 2.80. The van der Waals surface area contributed by atoms with Crippen LogP contribution in [0.4, 0.5) is 5.69 Å². The third kappa shape index (κ3) is 5.09. The number of methoxy groups -OCH3 is 1. The van der Waals surface area contributed by atoms with Gasteiger partial charge in [0.1, 0.15) is 5.75 Å². The Labute approximate surface area is 160 Å². The number of likely N-dealkylation sites (N-methyl/N-ethyl adjacent to an activating group) is 1. The summed E-state index contributed by atoms with van der Waals surface area (Å²) in [6, 6.07) is 7.16. The highest BCUT2D eigenvalue weighted by atomic mass is 35.5. The first-order valence-electron chi connectivity index (χ1n) is 8.56. The van der Waals surface area contributed by atoms with E-state index in [2.05, 4.69) is 5.32 Å². The van der Waals surface area contributed by atoms with Crippen molar-refractivity contribution < 1.29 is 19.1 Å². The third-order valence-corrected chi connectivity index (χ3v) is 4.68. The van der Waals surface area contributed by atoms with E-state index in [1.54, 1.807) is 24.1 Å². The molecule has 2 amide bonds. The van der Waals surface area contributed by atoms with Crippen LogP contribution >= 0.6 is 12.4 Å². The molecule has 8 heteroatoms. The fraction of sp³-hybridized carbons (Fsp3) is 0.556. The number of nitrogens with zero attached hydrogens (tertiary/aromatic N) is 1. The van der Waals surface area contributed by atoms with Gasteiger partial charge >= 0.3 is 0 Å². The molecule has 1 saturated heterocycles. The number of amides is 2. The predicted octanol–water partition coefficient (Wildman–Crippen LogP) is 1.66. The van der Waals surface area contributed by atoms with Crippen LogP contribution < -0.4 is 15.8 Å². The Balaban J connectivity index is 0.00000338. The summed E-state index contributed by atoms with van der Waals surface area (Å²) >= 11 is 0. The summed E-state index contributed by atoms with van der Waals surface area (Å²) in [4.78, 5) is 27.0. The summed E-state index contributed by atoms with van der Waals surface area (Å²) in [6.45, 7) is 3.59. The molecular weight excluding hydrogens is 358 g/mol. The number of carbonyl (C=O) groups excluding carboxylic acids is 2. The summed E-state index contributed by atoms with van der Waals surface area (Å²) in [5.74, 6) is 0.239. The molecule has 0 unspecified atom stereocenters. The van der Waals surface area contributed by atoms with Crippen molar-refractivity contribution in [3.05, 3.63) is 24.3 Å². The number of para-hydroxylation sites is 2. The molecule has 0 spiro atoms. The van der Waals surface area contributed by atoms with Crippen LogP contribution in [0.25, 0.3) is 0 Å². The number of nitrogens with one attached hydrogen (secondary N) is 1. The average Bonchev–Trinajstić information content (AvgIpc) is 2.66. The molecule has 1 aromatic carbocycles. The van der Waals surface area contributed by atoms with Gasteiger partial charge in [-0.3, -0.25) is 9.59 Å². The third-order valence-electron chi connectivity index (χ3n) is 4.68. The second-order valence-corrected chi connectivity index (χ2v) is 6.16. The molecule has 2 rings (SSSR count). The van der Waals surface area contributed by atoms with Crippen LogP contribution in [-0.2, 0) is 14.3 Å². The maximum atomic E-state index is 13.0. The van der Waals surface area contributed by atoms with Gasteiger partial charge in [0, 0.05) is 26.3 Å². The van der Waals surface area contributed by atoms with E-state index in [9.17, 15) is 9.59 Å². The van der Waals surface area contributed by atoms with Crippen molar-refractivity contribution in [2.45, 2.75) is 19.8 Å². The summed E-state index contributed by atoms with van der Waals surface area (Å²) in [6.07, 6.45) is 1.18. The number of anilines is 1. The summed E-state index contributed by atoms with van der Waals surface area (Å²) in [7, 11) is 1.54. The summed E-state index contributed by atoms with van der Waals surface area (Å²) in [5.41, 5.74) is 5.86. The van der Waals surface area contributed by atoms with Gasteiger partial charge in [0.05, 0.1) is 24.8 Å². The molecule has 26 heavy (non-hydrogen) atoms. The van der Waals surface area contributed by atoms with Gasteiger partial charge in [0.15, 0.2) is 0 Å². The van der Waals surface area contributed by atoms with E-state index in [0.29, 0.717) is 44.0 Å². The molecule has 1 aromatic rings. The maximum absolute atomic E-state index is 13.0. The Hall–Kier alpha value is -1.83. The van der Waals surface area contributed by atoms with Gasteiger partial charge in [-0.25, -0.2) is 0 Å². The molecule has 146 valence electrons. The molecule has 1 heterocycles. The lowest BCUT2D eigenvalue weighted by Gasteiger charge is -2.38. The van der Waals surface area contributed by atoms with E-state index in [0.717, 1.165) is 0 Å². The highest BCUT2D eigenvalue weighted by Gasteiger charge is 2.41. The zero-order valence-electron chi connectivity index (χ0n) is 15.3. The largest absolute Gasteiger partial charge is 0.495 e. The molecule has 3 N–H and O–H groups in total. The van der Waals surface area contributed by atoms with Gasteiger partial charge in [-0.15, -0.1) is 12.4 Å². The van der Waals surface area contributed by atoms with Gasteiger partial charge in [-0.2, -0.15) is 0 Å². The number of nitrogens with two attached hydrogens (primary N) is 1. The second kappa shape index (κ2) is 10.4. The molecule has 0 aromatic heterocycles. The first-order chi connectivity index (χ1) is 12.1. The van der Waals surface area contributed by atoms with Crippen LogP contribution in [0.3, 0.4) is 0 Å². The lowest BCUT2D eigenvalue weighted by molar-refractivity contribution is -0.148. The first kappa shape index (κ1) is 22.2. The molecule has 1 aliphatic rings. The molecule has 0 aliphatic carbocycles. The molecule has 1 aliphatic heterocycles. The van der Waals surface area contributed by atoms with Crippen molar-refractivity contribution in [1.29, 1.82) is 0 Å². The fourth-order valence-electron chi connectivity index (χ4n) is 3.04. The minimum Gasteiger partial charge on any atom is -0.495 e. The van der Waals surface area contributed by atoms with E-state index >= 15 is 0 Å². The number of halogens is 1. The number of hydrogen-bond acceptors (Lipinski definition) is 5. The van der Waals surface area contributed by atoms with Crippen LogP contribution in [0.5, 0.6) is 5.75 Å². The monoisotopic (exact) mass is 385 g/mol. The SMILES string of the molecule is CCN(CC(=O)Nc1ccccc1OC)C(=O)C1(CN)CCOCC1.Cl. The highest BCUT2D eigenvalue weighted by molar-refractivity contribution is 5.96. The lowest BCUT2D eigenvalue weighted by Crippen LogP contribution is -2.52. The Morgan fingerprint density at radius 3 is 2.54 bits per heavy atom. The normalized spacial score (nSPS) is 15.5. The fourth-order valence-corrected chi connectivity index (χ4v) is 3.04. The number of carbonyl (C=O) groups is 2. The van der Waals surface area contributed by atoms with Gasteiger partial charge in [0.2, 0.25) is 11.8 Å². The van der Waals surface area contributed by atoms with Crippen molar-refractivity contribution in [3.63, 3.8) is 0 Å². The van der Waals surface area contributed by atoms with Gasteiger partial charge in [-0.05, 0) is 31.9 Å². The molecule has 7 nitrogen and oxygen atoms in total. The van der Waals surface area contributed by atoms with Crippen LogP contribution in [0, 0.1) is 5.41 Å². The minimum atomic E-state index is -0.626. The molecular formula is C18H28ClN3O4. The van der Waals surface area contributed by atoms with E-state index in [1.165, 1.54) is 0 Å². The zero-order valence-corrected chi connectivity index (χ0v) is 16.1. The van der Waals surface area contributed by atoms with E-state index in [1.807, 2.05) is 19.1 Å². The van der Waals surface area contributed by atoms with Crippen molar-refractivity contribution in [1.82, 2.24) is 4.90 Å². The smallest absolute Gasteiger partial charge is 0.244 e. The van der Waals surface area contributed by atoms with Crippen molar-refractivity contribution in [2.75, 3.05) is 45.3 Å². The van der Waals surface area contributed by atoms with E-state index in [4.69, 9.17) is 15.2 Å². The molecule has 1 fully saturated rings. The second-order valence-electron chi connectivity index (χ2n) is 6.16. The van der Waals surface area contributed by atoms with Crippen LogP contribution in [-0.4, -0.2) is 56.7 Å². The van der Waals surface area contributed by atoms with Crippen LogP contribution in [0.1, 0.15) is 19.8 Å². The standard InChI is InChI=1S/C18H27N3O4.ClH/c1-3-21(17(23)18(13-19)8-10-25-11-9-18)12-16(22)20-14-6-4-5-7-15(14)24-2;/h4-7H,3,8-13,19H2,1-2H3,(H,20,22);1H. The Morgan fingerprint density at radius 2 is 1.96 bits per heavy atom. The molecule has 0 radical (unpaired) electrons. The van der Waals surface area contributed by atoms with Crippen molar-refractivity contribution in [3.8, 4) is 5.75 Å². The predicted molar refractivity (Wildman–Crippen MR) is 103 cm³/mol. The van der Waals surface area contributed by atoms with Crippen LogP contribution in [0.2, 0.25) is 0 Å². The maximum Gasteiger partial charge on any atom is 0.244 e. The van der Waals surface area contributed by atoms with Gasteiger partial charge in [-0.1, -0.05) is 12.1 Å². The molecule has 0 saturated carbocycles. The van der Waals surface area contributed by atoms with E-state index in [-0.39, 0.29) is 37.3 Å². The summed E-state index contributed by atoms with van der Waals surface area (Å²) < 4.78 is 10.6. The average molecular weight is 386 g/mol. The van der Waals surface area contributed by atoms with E-state index < -0.39 is 5.41 Å². The lowest BCUT2D eigenvalue weighted by atomic mass is 9.79.